The number of imide groups is 1. The molecule has 2 aromatic rings. The molecule has 0 aromatic heterocycles. The SMILES string of the molecule is CCCN(C(=O)NC(C(=O)O)c1ccccc1)C(=O)c1ccccc1Br. The molecule has 0 aliphatic carbocycles. The molecule has 1 atom stereocenters. The maximum Gasteiger partial charge on any atom is 0.330 e. The molecule has 7 heteroatoms. The quantitative estimate of drug-likeness (QED) is 0.745. The molecule has 0 fully saturated rings. The van der Waals surface area contributed by atoms with E-state index in [1.165, 1.54) is 0 Å². The highest BCUT2D eigenvalue weighted by molar-refractivity contribution is 9.10. The molecule has 6 nitrogen and oxygen atoms in total. The van der Waals surface area contributed by atoms with Gasteiger partial charge in [0.05, 0.1) is 5.56 Å². The van der Waals surface area contributed by atoms with Crippen molar-refractivity contribution in [1.29, 1.82) is 0 Å². The maximum absolute atomic E-state index is 12.8. The highest BCUT2D eigenvalue weighted by Gasteiger charge is 2.28. The zero-order chi connectivity index (χ0) is 19.1. The van der Waals surface area contributed by atoms with Crippen LogP contribution in [0.2, 0.25) is 0 Å². The highest BCUT2D eigenvalue weighted by atomic mass is 79.9. The van der Waals surface area contributed by atoms with Crippen LogP contribution in [-0.4, -0.2) is 34.5 Å². The van der Waals surface area contributed by atoms with Crippen molar-refractivity contribution >= 4 is 33.8 Å². The summed E-state index contributed by atoms with van der Waals surface area (Å²) in [5, 5.41) is 11.9. The fraction of sp³-hybridized carbons (Fsp3) is 0.211. The summed E-state index contributed by atoms with van der Waals surface area (Å²) < 4.78 is 0.566. The lowest BCUT2D eigenvalue weighted by Crippen LogP contribution is -2.47. The third-order valence-electron chi connectivity index (χ3n) is 3.69. The number of hydrogen-bond acceptors (Lipinski definition) is 3. The van der Waals surface area contributed by atoms with Gasteiger partial charge < -0.3 is 10.4 Å². The molecule has 0 saturated heterocycles. The predicted molar refractivity (Wildman–Crippen MR) is 101 cm³/mol. The molecule has 2 rings (SSSR count). The summed E-state index contributed by atoms with van der Waals surface area (Å²) in [5.74, 6) is -1.69. The van der Waals surface area contributed by atoms with Gasteiger partial charge in [-0.25, -0.2) is 9.59 Å². The lowest BCUT2D eigenvalue weighted by atomic mass is 10.1. The van der Waals surface area contributed by atoms with Gasteiger partial charge in [-0.05, 0) is 40.0 Å². The molecule has 1 unspecified atom stereocenters. The fourth-order valence-corrected chi connectivity index (χ4v) is 2.89. The predicted octanol–water partition coefficient (Wildman–Crippen LogP) is 3.84. The Kier molecular flexibility index (Phi) is 6.91. The Hall–Kier alpha value is -2.67. The molecule has 0 spiro atoms. The number of aliphatic carboxylic acids is 1. The summed E-state index contributed by atoms with van der Waals surface area (Å²) in [6, 6.07) is 13.1. The van der Waals surface area contributed by atoms with E-state index in [-0.39, 0.29) is 6.54 Å². The fourth-order valence-electron chi connectivity index (χ4n) is 2.43. The molecule has 0 bridgehead atoms. The third-order valence-corrected chi connectivity index (χ3v) is 4.38. The first kappa shape index (κ1) is 19.7. The Labute approximate surface area is 159 Å². The molecule has 0 heterocycles. The van der Waals surface area contributed by atoms with Crippen molar-refractivity contribution < 1.29 is 19.5 Å². The van der Waals surface area contributed by atoms with Gasteiger partial charge in [-0.2, -0.15) is 0 Å². The van der Waals surface area contributed by atoms with E-state index in [1.807, 2.05) is 6.92 Å². The lowest BCUT2D eigenvalue weighted by molar-refractivity contribution is -0.139. The molecule has 0 saturated carbocycles. The summed E-state index contributed by atoms with van der Waals surface area (Å²) >= 11 is 3.30. The Bertz CT molecular complexity index is 795. The van der Waals surface area contributed by atoms with Crippen LogP contribution in [0.25, 0.3) is 0 Å². The molecule has 136 valence electrons. The van der Waals surface area contributed by atoms with Gasteiger partial charge in [-0.3, -0.25) is 9.69 Å². The Morgan fingerprint density at radius 2 is 1.69 bits per heavy atom. The number of carbonyl (C=O) groups excluding carboxylic acids is 2. The number of benzene rings is 2. The number of carboxylic acid groups (broad SMARTS) is 1. The summed E-state index contributed by atoms with van der Waals surface area (Å²) in [7, 11) is 0. The number of nitrogens with zero attached hydrogens (tertiary/aromatic N) is 1. The largest absolute Gasteiger partial charge is 0.479 e. The maximum atomic E-state index is 12.8. The number of carboxylic acids is 1. The monoisotopic (exact) mass is 418 g/mol. The third kappa shape index (κ3) is 4.70. The first-order valence-corrected chi connectivity index (χ1v) is 8.89. The van der Waals surface area contributed by atoms with Crippen LogP contribution < -0.4 is 5.32 Å². The van der Waals surface area contributed by atoms with Crippen LogP contribution in [0, 0.1) is 0 Å². The number of halogens is 1. The standard InChI is InChI=1S/C19H19BrN2O4/c1-2-12-22(17(23)14-10-6-7-11-15(14)20)19(26)21-16(18(24)25)13-8-4-3-5-9-13/h3-11,16H,2,12H2,1H3,(H,21,26)(H,24,25). The average Bonchev–Trinajstić information content (AvgIpc) is 2.64. The van der Waals surface area contributed by atoms with Gasteiger partial charge >= 0.3 is 12.0 Å². The number of hydrogen-bond donors (Lipinski definition) is 2. The van der Waals surface area contributed by atoms with Crippen molar-refractivity contribution in [2.75, 3.05) is 6.54 Å². The number of carbonyl (C=O) groups is 3. The Morgan fingerprint density at radius 3 is 2.27 bits per heavy atom. The Morgan fingerprint density at radius 1 is 1.08 bits per heavy atom. The Balaban J connectivity index is 2.26. The highest BCUT2D eigenvalue weighted by Crippen LogP contribution is 2.19. The summed E-state index contributed by atoms with van der Waals surface area (Å²) in [4.78, 5) is 38.0. The number of rotatable bonds is 6. The van der Waals surface area contributed by atoms with Gasteiger partial charge in [0.1, 0.15) is 0 Å². The van der Waals surface area contributed by atoms with Crippen molar-refractivity contribution in [2.24, 2.45) is 0 Å². The van der Waals surface area contributed by atoms with E-state index in [4.69, 9.17) is 0 Å². The van der Waals surface area contributed by atoms with Crippen LogP contribution in [0.4, 0.5) is 4.79 Å². The second-order valence-electron chi connectivity index (χ2n) is 5.57. The van der Waals surface area contributed by atoms with Crippen molar-refractivity contribution in [3.05, 3.63) is 70.2 Å². The topological polar surface area (TPSA) is 86.7 Å². The minimum absolute atomic E-state index is 0.174. The summed E-state index contributed by atoms with van der Waals surface area (Å²) in [5.41, 5.74) is 0.765. The van der Waals surface area contributed by atoms with Crippen LogP contribution in [0.3, 0.4) is 0 Å². The van der Waals surface area contributed by atoms with E-state index in [2.05, 4.69) is 21.2 Å². The van der Waals surface area contributed by atoms with Crippen LogP contribution in [0.1, 0.15) is 35.3 Å². The molecule has 0 aliphatic heterocycles. The van der Waals surface area contributed by atoms with Crippen molar-refractivity contribution in [3.8, 4) is 0 Å². The van der Waals surface area contributed by atoms with Gasteiger partial charge in [0.25, 0.3) is 5.91 Å². The number of amides is 3. The first-order chi connectivity index (χ1) is 12.5. The normalized spacial score (nSPS) is 11.5. The van der Waals surface area contributed by atoms with E-state index in [9.17, 15) is 19.5 Å². The van der Waals surface area contributed by atoms with Gasteiger partial charge in [-0.1, -0.05) is 49.4 Å². The second-order valence-corrected chi connectivity index (χ2v) is 6.42. The van der Waals surface area contributed by atoms with E-state index < -0.39 is 23.9 Å². The minimum Gasteiger partial charge on any atom is -0.479 e. The van der Waals surface area contributed by atoms with Crippen LogP contribution >= 0.6 is 15.9 Å². The molecule has 2 N–H and O–H groups in total. The van der Waals surface area contributed by atoms with E-state index in [0.717, 1.165) is 4.90 Å². The zero-order valence-electron chi connectivity index (χ0n) is 14.2. The van der Waals surface area contributed by atoms with E-state index in [1.54, 1.807) is 54.6 Å². The zero-order valence-corrected chi connectivity index (χ0v) is 15.8. The van der Waals surface area contributed by atoms with Crippen molar-refractivity contribution in [3.63, 3.8) is 0 Å². The number of nitrogens with one attached hydrogen (secondary N) is 1. The van der Waals surface area contributed by atoms with Gasteiger partial charge in [0.15, 0.2) is 6.04 Å². The summed E-state index contributed by atoms with van der Waals surface area (Å²) in [6.45, 7) is 2.01. The second kappa shape index (κ2) is 9.15. The molecule has 0 radical (unpaired) electrons. The van der Waals surface area contributed by atoms with Crippen molar-refractivity contribution in [2.45, 2.75) is 19.4 Å². The van der Waals surface area contributed by atoms with E-state index >= 15 is 0 Å². The van der Waals surface area contributed by atoms with Crippen LogP contribution in [-0.2, 0) is 4.79 Å². The van der Waals surface area contributed by atoms with Crippen LogP contribution in [0.15, 0.2) is 59.1 Å². The lowest BCUT2D eigenvalue weighted by Gasteiger charge is -2.24. The van der Waals surface area contributed by atoms with Gasteiger partial charge in [0.2, 0.25) is 0 Å². The van der Waals surface area contributed by atoms with E-state index in [0.29, 0.717) is 22.0 Å². The molecule has 2 aromatic carbocycles. The van der Waals surface area contributed by atoms with Crippen LogP contribution in [0.5, 0.6) is 0 Å². The minimum atomic E-state index is -1.24. The molecular formula is C19H19BrN2O4. The van der Waals surface area contributed by atoms with Crippen molar-refractivity contribution in [1.82, 2.24) is 10.2 Å². The molecule has 3 amide bonds. The average molecular weight is 419 g/mol. The van der Waals surface area contributed by atoms with Gasteiger partial charge in [0, 0.05) is 11.0 Å². The summed E-state index contributed by atoms with van der Waals surface area (Å²) in [6.07, 6.45) is 0.548. The number of urea groups is 1. The molecule has 0 aliphatic rings. The molecular weight excluding hydrogens is 400 g/mol. The smallest absolute Gasteiger partial charge is 0.330 e. The molecule has 26 heavy (non-hydrogen) atoms. The first-order valence-electron chi connectivity index (χ1n) is 8.10. The van der Waals surface area contributed by atoms with Gasteiger partial charge in [-0.15, -0.1) is 0 Å².